The molecule has 4 nitrogen and oxygen atoms in total. The Morgan fingerprint density at radius 3 is 2.40 bits per heavy atom. The SMILES string of the molecule is COC(=O)CCCCC(=O)c1ccccc1OC(C)C. The maximum absolute atomic E-state index is 12.2. The van der Waals surface area contributed by atoms with E-state index in [2.05, 4.69) is 4.74 Å². The van der Waals surface area contributed by atoms with Crippen LogP contribution in [0.15, 0.2) is 24.3 Å². The molecule has 0 aromatic heterocycles. The second-order valence-electron chi connectivity index (χ2n) is 4.87. The van der Waals surface area contributed by atoms with Crippen LogP contribution in [0.2, 0.25) is 0 Å². The van der Waals surface area contributed by atoms with Crippen molar-refractivity contribution < 1.29 is 19.1 Å². The largest absolute Gasteiger partial charge is 0.490 e. The normalized spacial score (nSPS) is 10.4. The van der Waals surface area contributed by atoms with Gasteiger partial charge < -0.3 is 9.47 Å². The molecule has 110 valence electrons. The lowest BCUT2D eigenvalue weighted by atomic mass is 10.0. The van der Waals surface area contributed by atoms with Crippen LogP contribution in [-0.4, -0.2) is 25.0 Å². The van der Waals surface area contributed by atoms with Gasteiger partial charge in [0.05, 0.1) is 18.8 Å². The fraction of sp³-hybridized carbons (Fsp3) is 0.500. The van der Waals surface area contributed by atoms with Gasteiger partial charge in [-0.1, -0.05) is 12.1 Å². The van der Waals surface area contributed by atoms with Crippen molar-refractivity contribution in [3.63, 3.8) is 0 Å². The van der Waals surface area contributed by atoms with Crippen molar-refractivity contribution in [2.45, 2.75) is 45.6 Å². The topological polar surface area (TPSA) is 52.6 Å². The minimum atomic E-state index is -0.235. The number of carbonyl (C=O) groups is 2. The van der Waals surface area contributed by atoms with E-state index in [0.29, 0.717) is 37.0 Å². The van der Waals surface area contributed by atoms with E-state index in [1.54, 1.807) is 6.07 Å². The van der Waals surface area contributed by atoms with E-state index < -0.39 is 0 Å². The molecular formula is C16H22O4. The van der Waals surface area contributed by atoms with E-state index in [0.717, 1.165) is 0 Å². The lowest BCUT2D eigenvalue weighted by Crippen LogP contribution is -2.10. The lowest BCUT2D eigenvalue weighted by molar-refractivity contribution is -0.140. The molecule has 0 N–H and O–H groups in total. The molecule has 0 aliphatic heterocycles. The fourth-order valence-electron chi connectivity index (χ4n) is 1.85. The second kappa shape index (κ2) is 8.35. The minimum Gasteiger partial charge on any atom is -0.490 e. The van der Waals surface area contributed by atoms with Crippen LogP contribution in [0.3, 0.4) is 0 Å². The third kappa shape index (κ3) is 5.43. The summed E-state index contributed by atoms with van der Waals surface area (Å²) >= 11 is 0. The molecule has 4 heteroatoms. The van der Waals surface area contributed by atoms with Gasteiger partial charge in [-0.15, -0.1) is 0 Å². The number of Topliss-reactive ketones (excluding diaryl/α,β-unsaturated/α-hetero) is 1. The maximum atomic E-state index is 12.2. The number of para-hydroxylation sites is 1. The number of ether oxygens (including phenoxy) is 2. The number of unbranched alkanes of at least 4 members (excludes halogenated alkanes) is 1. The molecule has 0 unspecified atom stereocenters. The fourth-order valence-corrected chi connectivity index (χ4v) is 1.85. The van der Waals surface area contributed by atoms with Crippen molar-refractivity contribution in [3.8, 4) is 5.75 Å². The first-order valence-electron chi connectivity index (χ1n) is 6.90. The van der Waals surface area contributed by atoms with Gasteiger partial charge >= 0.3 is 5.97 Å². The van der Waals surface area contributed by atoms with Gasteiger partial charge in [-0.25, -0.2) is 0 Å². The van der Waals surface area contributed by atoms with Gasteiger partial charge in [-0.05, 0) is 38.8 Å². The standard InChI is InChI=1S/C16H22O4/c1-12(2)20-15-10-6-4-8-13(15)14(17)9-5-7-11-16(18)19-3/h4,6,8,10,12H,5,7,9,11H2,1-3H3. The van der Waals surface area contributed by atoms with Crippen molar-refractivity contribution in [1.82, 2.24) is 0 Å². The Balaban J connectivity index is 2.53. The monoisotopic (exact) mass is 278 g/mol. The van der Waals surface area contributed by atoms with Crippen LogP contribution in [0.25, 0.3) is 0 Å². The summed E-state index contributed by atoms with van der Waals surface area (Å²) in [7, 11) is 1.37. The third-order valence-corrected chi connectivity index (χ3v) is 2.81. The summed E-state index contributed by atoms with van der Waals surface area (Å²) < 4.78 is 10.2. The van der Waals surface area contributed by atoms with Gasteiger partial charge in [0.15, 0.2) is 5.78 Å². The molecule has 1 aromatic carbocycles. The molecule has 0 radical (unpaired) electrons. The summed E-state index contributed by atoms with van der Waals surface area (Å²) in [6, 6.07) is 7.27. The number of rotatable bonds is 8. The van der Waals surface area contributed by atoms with E-state index in [1.807, 2.05) is 32.0 Å². The smallest absolute Gasteiger partial charge is 0.305 e. The van der Waals surface area contributed by atoms with Crippen LogP contribution in [0.4, 0.5) is 0 Å². The highest BCUT2D eigenvalue weighted by Crippen LogP contribution is 2.21. The Hall–Kier alpha value is -1.84. The van der Waals surface area contributed by atoms with E-state index in [-0.39, 0.29) is 17.9 Å². The number of ketones is 1. The number of hydrogen-bond donors (Lipinski definition) is 0. The predicted octanol–water partition coefficient (Wildman–Crippen LogP) is 3.39. The van der Waals surface area contributed by atoms with Gasteiger partial charge in [0.2, 0.25) is 0 Å². The van der Waals surface area contributed by atoms with Crippen molar-refractivity contribution in [3.05, 3.63) is 29.8 Å². The zero-order valence-electron chi connectivity index (χ0n) is 12.3. The Morgan fingerprint density at radius 2 is 1.75 bits per heavy atom. The van der Waals surface area contributed by atoms with Crippen LogP contribution >= 0.6 is 0 Å². The molecule has 0 bridgehead atoms. The highest BCUT2D eigenvalue weighted by atomic mass is 16.5. The van der Waals surface area contributed by atoms with Crippen molar-refractivity contribution in [2.24, 2.45) is 0 Å². The van der Waals surface area contributed by atoms with Crippen molar-refractivity contribution in [2.75, 3.05) is 7.11 Å². The molecule has 20 heavy (non-hydrogen) atoms. The molecule has 0 fully saturated rings. The Bertz CT molecular complexity index is 452. The zero-order valence-corrected chi connectivity index (χ0v) is 12.3. The van der Waals surface area contributed by atoms with Gasteiger partial charge in [0, 0.05) is 12.8 Å². The first-order chi connectivity index (χ1) is 9.54. The quantitative estimate of drug-likeness (QED) is 0.415. The molecule has 0 saturated carbocycles. The minimum absolute atomic E-state index is 0.0308. The third-order valence-electron chi connectivity index (χ3n) is 2.81. The Morgan fingerprint density at radius 1 is 1.10 bits per heavy atom. The number of benzene rings is 1. The van der Waals surface area contributed by atoms with E-state index in [4.69, 9.17) is 4.74 Å². The molecule has 0 atom stereocenters. The summed E-state index contributed by atoms with van der Waals surface area (Å²) in [5, 5.41) is 0. The van der Waals surface area contributed by atoms with Gasteiger partial charge in [-0.2, -0.15) is 0 Å². The number of carbonyl (C=O) groups excluding carboxylic acids is 2. The first kappa shape index (κ1) is 16.2. The summed E-state index contributed by atoms with van der Waals surface area (Å²) in [5.74, 6) is 0.438. The first-order valence-corrected chi connectivity index (χ1v) is 6.90. The molecule has 0 saturated heterocycles. The van der Waals surface area contributed by atoms with Crippen LogP contribution in [0.1, 0.15) is 49.9 Å². The average Bonchev–Trinajstić information content (AvgIpc) is 2.43. The highest BCUT2D eigenvalue weighted by Gasteiger charge is 2.13. The highest BCUT2D eigenvalue weighted by molar-refractivity contribution is 5.98. The molecule has 0 aliphatic carbocycles. The summed E-state index contributed by atoms with van der Waals surface area (Å²) in [6.45, 7) is 3.86. The van der Waals surface area contributed by atoms with Gasteiger partial charge in [0.1, 0.15) is 5.75 Å². The van der Waals surface area contributed by atoms with E-state index in [9.17, 15) is 9.59 Å². The lowest BCUT2D eigenvalue weighted by Gasteiger charge is -2.13. The van der Waals surface area contributed by atoms with Gasteiger partial charge in [-0.3, -0.25) is 9.59 Å². The maximum Gasteiger partial charge on any atom is 0.305 e. The molecule has 1 rings (SSSR count). The Labute approximate surface area is 120 Å². The number of esters is 1. The number of hydrogen-bond acceptors (Lipinski definition) is 4. The van der Waals surface area contributed by atoms with E-state index in [1.165, 1.54) is 7.11 Å². The second-order valence-corrected chi connectivity index (χ2v) is 4.87. The van der Waals surface area contributed by atoms with E-state index >= 15 is 0 Å². The van der Waals surface area contributed by atoms with Crippen LogP contribution in [-0.2, 0) is 9.53 Å². The molecule has 0 spiro atoms. The summed E-state index contributed by atoms with van der Waals surface area (Å²) in [6.07, 6.45) is 2.13. The predicted molar refractivity (Wildman–Crippen MR) is 77.0 cm³/mol. The average molecular weight is 278 g/mol. The number of methoxy groups -OCH3 is 1. The van der Waals surface area contributed by atoms with Crippen LogP contribution in [0.5, 0.6) is 5.75 Å². The van der Waals surface area contributed by atoms with Crippen molar-refractivity contribution in [1.29, 1.82) is 0 Å². The van der Waals surface area contributed by atoms with Crippen molar-refractivity contribution >= 4 is 11.8 Å². The molecule has 0 heterocycles. The molecule has 0 amide bonds. The van der Waals surface area contributed by atoms with Crippen LogP contribution in [0, 0.1) is 0 Å². The molecular weight excluding hydrogens is 256 g/mol. The van der Waals surface area contributed by atoms with Crippen LogP contribution < -0.4 is 4.74 Å². The Kier molecular flexibility index (Phi) is 6.77. The summed E-state index contributed by atoms with van der Waals surface area (Å²) in [5.41, 5.74) is 0.610. The zero-order chi connectivity index (χ0) is 15.0. The molecule has 0 aliphatic rings. The molecule has 1 aromatic rings. The summed E-state index contributed by atoms with van der Waals surface area (Å²) in [4.78, 5) is 23.1. The van der Waals surface area contributed by atoms with Gasteiger partial charge in [0.25, 0.3) is 0 Å².